The van der Waals surface area contributed by atoms with Crippen molar-refractivity contribution in [2.75, 3.05) is 18.5 Å². The lowest BCUT2D eigenvalue weighted by Crippen LogP contribution is -2.33. The fraction of sp³-hybridized carbons (Fsp3) is 0.333. The molecule has 0 saturated carbocycles. The van der Waals surface area contributed by atoms with Crippen molar-refractivity contribution >= 4 is 23.0 Å². The van der Waals surface area contributed by atoms with Crippen LogP contribution in [0, 0.1) is 0 Å². The fourth-order valence-corrected chi connectivity index (χ4v) is 3.12. The molecule has 1 fully saturated rings. The summed E-state index contributed by atoms with van der Waals surface area (Å²) in [6.07, 6.45) is -3.61. The maximum Gasteiger partial charge on any atom is 0.280 e. The van der Waals surface area contributed by atoms with E-state index in [-0.39, 0.29) is 23.7 Å². The predicted octanol–water partition coefficient (Wildman–Crippen LogP) is -1.25. The van der Waals surface area contributed by atoms with E-state index in [0.29, 0.717) is 5.75 Å². The van der Waals surface area contributed by atoms with E-state index in [0.717, 1.165) is 0 Å². The van der Waals surface area contributed by atoms with Gasteiger partial charge in [-0.3, -0.25) is 24.5 Å². The Morgan fingerprint density at radius 3 is 2.73 bits per heavy atom. The van der Waals surface area contributed by atoms with Gasteiger partial charge in [-0.1, -0.05) is 18.2 Å². The summed E-state index contributed by atoms with van der Waals surface area (Å²) in [6.45, 7) is -0.808. The van der Waals surface area contributed by atoms with E-state index >= 15 is 0 Å². The zero-order chi connectivity index (χ0) is 21.3. The number of ether oxygens (including phenoxy) is 2. The van der Waals surface area contributed by atoms with Crippen molar-refractivity contribution in [3.8, 4) is 5.75 Å². The molecule has 1 aliphatic rings. The van der Waals surface area contributed by atoms with Crippen LogP contribution in [0.2, 0.25) is 0 Å². The third-order valence-corrected chi connectivity index (χ3v) is 4.59. The molecule has 0 aliphatic carbocycles. The topological polar surface area (TPSA) is 172 Å². The van der Waals surface area contributed by atoms with Gasteiger partial charge in [0.15, 0.2) is 24.0 Å². The highest BCUT2D eigenvalue weighted by atomic mass is 16.6. The summed E-state index contributed by atoms with van der Waals surface area (Å²) < 4.78 is 12.0. The Morgan fingerprint density at radius 1 is 1.27 bits per heavy atom. The number of aliphatic hydroxyl groups is 3. The van der Waals surface area contributed by atoms with Crippen molar-refractivity contribution in [1.82, 2.24) is 19.5 Å². The first-order valence-corrected chi connectivity index (χ1v) is 9.05. The van der Waals surface area contributed by atoms with Gasteiger partial charge in [0.1, 0.15) is 24.1 Å². The largest absolute Gasteiger partial charge is 0.484 e. The molecular weight excluding hydrogens is 398 g/mol. The minimum absolute atomic E-state index is 0.0212. The maximum atomic E-state index is 12.3. The molecule has 2 aromatic heterocycles. The first-order chi connectivity index (χ1) is 14.5. The van der Waals surface area contributed by atoms with Crippen LogP contribution in [0.1, 0.15) is 6.23 Å². The summed E-state index contributed by atoms with van der Waals surface area (Å²) in [7, 11) is 0. The number of fused-ring (bicyclic) bond motifs is 1. The molecule has 4 unspecified atom stereocenters. The Morgan fingerprint density at radius 2 is 2.03 bits per heavy atom. The van der Waals surface area contributed by atoms with E-state index in [4.69, 9.17) is 9.47 Å². The number of aromatic amines is 1. The van der Waals surface area contributed by atoms with E-state index in [1.807, 2.05) is 6.07 Å². The first-order valence-electron chi connectivity index (χ1n) is 9.05. The van der Waals surface area contributed by atoms with Crippen molar-refractivity contribution in [2.45, 2.75) is 24.5 Å². The van der Waals surface area contributed by atoms with Crippen LogP contribution in [0.15, 0.2) is 41.5 Å². The number of benzene rings is 1. The molecule has 1 aromatic carbocycles. The van der Waals surface area contributed by atoms with Gasteiger partial charge in [0, 0.05) is 0 Å². The Labute approximate surface area is 168 Å². The summed E-state index contributed by atoms with van der Waals surface area (Å²) >= 11 is 0. The number of amides is 1. The summed E-state index contributed by atoms with van der Waals surface area (Å²) in [6, 6.07) is 8.73. The standard InChI is InChI=1S/C18H19N5O7/c24-6-10-13(26)14(27)17(30-10)23-8-19-12-15(23)21-18(22-16(12)28)20-11(25)7-29-9-4-2-1-3-5-9/h1-5,8,10,13-14,17,24,26-27H,6-7H2,(H2,20,21,22,25,28). The number of rotatable bonds is 6. The van der Waals surface area contributed by atoms with Gasteiger partial charge in [-0.15, -0.1) is 0 Å². The Kier molecular flexibility index (Phi) is 5.46. The lowest BCUT2D eigenvalue weighted by molar-refractivity contribution is -0.118. The predicted molar refractivity (Wildman–Crippen MR) is 102 cm³/mol. The van der Waals surface area contributed by atoms with Crippen LogP contribution < -0.4 is 15.6 Å². The van der Waals surface area contributed by atoms with Crippen molar-refractivity contribution < 1.29 is 29.6 Å². The van der Waals surface area contributed by atoms with Gasteiger partial charge < -0.3 is 24.8 Å². The molecule has 1 amide bonds. The number of nitrogens with zero attached hydrogens (tertiary/aromatic N) is 3. The minimum Gasteiger partial charge on any atom is -0.484 e. The smallest absolute Gasteiger partial charge is 0.280 e. The third-order valence-electron chi connectivity index (χ3n) is 4.59. The Balaban J connectivity index is 1.55. The quantitative estimate of drug-likeness (QED) is 0.328. The van der Waals surface area contributed by atoms with Crippen molar-refractivity contribution in [2.24, 2.45) is 0 Å². The van der Waals surface area contributed by atoms with E-state index in [2.05, 4.69) is 20.3 Å². The van der Waals surface area contributed by atoms with E-state index in [1.165, 1.54) is 10.9 Å². The van der Waals surface area contributed by atoms with Crippen LogP contribution in [-0.4, -0.2) is 72.3 Å². The van der Waals surface area contributed by atoms with Gasteiger partial charge in [-0.25, -0.2) is 4.98 Å². The zero-order valence-corrected chi connectivity index (χ0v) is 15.5. The fourth-order valence-electron chi connectivity index (χ4n) is 3.12. The number of carbonyl (C=O) groups excluding carboxylic acids is 1. The number of H-pyrrole nitrogens is 1. The van der Waals surface area contributed by atoms with Crippen LogP contribution in [0.5, 0.6) is 5.75 Å². The molecule has 1 saturated heterocycles. The number of para-hydroxylation sites is 1. The molecule has 0 radical (unpaired) electrons. The minimum atomic E-state index is -1.38. The van der Waals surface area contributed by atoms with Gasteiger partial charge in [-0.05, 0) is 12.1 Å². The Hall–Kier alpha value is -3.32. The number of imidazole rings is 1. The monoisotopic (exact) mass is 417 g/mol. The lowest BCUT2D eigenvalue weighted by atomic mass is 10.1. The van der Waals surface area contributed by atoms with Crippen LogP contribution in [0.4, 0.5) is 5.95 Å². The van der Waals surface area contributed by atoms with Gasteiger partial charge in [-0.2, -0.15) is 4.98 Å². The highest BCUT2D eigenvalue weighted by molar-refractivity contribution is 5.90. The first kappa shape index (κ1) is 20.0. The number of aromatic nitrogens is 4. The van der Waals surface area contributed by atoms with E-state index in [9.17, 15) is 24.9 Å². The molecule has 5 N–H and O–H groups in total. The summed E-state index contributed by atoms with van der Waals surface area (Å²) in [5, 5.41) is 31.9. The second kappa shape index (κ2) is 8.20. The molecule has 3 aromatic rings. The normalized spacial score (nSPS) is 23.6. The molecule has 30 heavy (non-hydrogen) atoms. The molecule has 0 bridgehead atoms. The number of hydrogen-bond acceptors (Lipinski definition) is 9. The number of anilines is 1. The molecule has 12 nitrogen and oxygen atoms in total. The Bertz CT molecular complexity index is 1100. The zero-order valence-electron chi connectivity index (χ0n) is 15.5. The van der Waals surface area contributed by atoms with Crippen LogP contribution in [0.3, 0.4) is 0 Å². The summed E-state index contributed by atoms with van der Waals surface area (Å²) in [4.78, 5) is 35.0. The molecule has 158 valence electrons. The van der Waals surface area contributed by atoms with Crippen LogP contribution in [0.25, 0.3) is 11.2 Å². The van der Waals surface area contributed by atoms with Gasteiger partial charge in [0.05, 0.1) is 12.9 Å². The SMILES string of the molecule is O=C(COc1ccccc1)Nc1nc2c(ncn2C2OC(CO)C(O)C2O)c(=O)[nH]1. The van der Waals surface area contributed by atoms with Gasteiger partial charge in [0.25, 0.3) is 11.5 Å². The number of aliphatic hydroxyl groups excluding tert-OH is 3. The molecule has 4 rings (SSSR count). The number of nitrogens with one attached hydrogen (secondary N) is 2. The lowest BCUT2D eigenvalue weighted by Gasteiger charge is -2.16. The van der Waals surface area contributed by atoms with E-state index < -0.39 is 42.6 Å². The molecular formula is C18H19N5O7. The molecule has 0 spiro atoms. The number of carbonyl (C=O) groups is 1. The average Bonchev–Trinajstić information content (AvgIpc) is 3.29. The highest BCUT2D eigenvalue weighted by Crippen LogP contribution is 2.30. The summed E-state index contributed by atoms with van der Waals surface area (Å²) in [5.74, 6) is -0.199. The number of hydrogen-bond donors (Lipinski definition) is 5. The third kappa shape index (κ3) is 3.76. The summed E-state index contributed by atoms with van der Waals surface area (Å²) in [5.41, 5.74) is -0.649. The molecule has 3 heterocycles. The van der Waals surface area contributed by atoms with E-state index in [1.54, 1.807) is 24.3 Å². The molecule has 1 aliphatic heterocycles. The second-order valence-corrected chi connectivity index (χ2v) is 6.62. The van der Waals surface area contributed by atoms with Gasteiger partial charge >= 0.3 is 0 Å². The van der Waals surface area contributed by atoms with Crippen LogP contribution >= 0.6 is 0 Å². The highest BCUT2D eigenvalue weighted by Gasteiger charge is 2.44. The molecule has 4 atom stereocenters. The second-order valence-electron chi connectivity index (χ2n) is 6.62. The average molecular weight is 417 g/mol. The maximum absolute atomic E-state index is 12.3. The van der Waals surface area contributed by atoms with Crippen LogP contribution in [-0.2, 0) is 9.53 Å². The molecule has 12 heteroatoms. The van der Waals surface area contributed by atoms with Crippen molar-refractivity contribution in [3.63, 3.8) is 0 Å². The van der Waals surface area contributed by atoms with Gasteiger partial charge in [0.2, 0.25) is 5.95 Å². The van der Waals surface area contributed by atoms with Crippen molar-refractivity contribution in [1.29, 1.82) is 0 Å². The van der Waals surface area contributed by atoms with Crippen molar-refractivity contribution in [3.05, 3.63) is 47.0 Å².